The third-order valence-corrected chi connectivity index (χ3v) is 7.94. The van der Waals surface area contributed by atoms with Crippen molar-refractivity contribution in [2.45, 2.75) is 117 Å². The maximum atomic E-state index is 14.0. The minimum absolute atomic E-state index is 0.115. The lowest BCUT2D eigenvalue weighted by atomic mass is 9.82. The first-order valence-corrected chi connectivity index (χ1v) is 13.3. The average Bonchev–Trinajstić information content (AvgIpc) is 3.32. The predicted octanol–water partition coefficient (Wildman–Crippen LogP) is 3.65. The van der Waals surface area contributed by atoms with Crippen molar-refractivity contribution in [2.75, 3.05) is 13.6 Å². The maximum Gasteiger partial charge on any atom is 0.329 e. The highest BCUT2D eigenvalue weighted by atomic mass is 16.6. The number of carbonyl (C=O) groups excluding carboxylic acids is 3. The maximum absolute atomic E-state index is 14.0. The van der Waals surface area contributed by atoms with Crippen LogP contribution in [0.25, 0.3) is 0 Å². The highest BCUT2D eigenvalue weighted by Crippen LogP contribution is 2.43. The Balaban J connectivity index is 1.81. The van der Waals surface area contributed by atoms with E-state index >= 15 is 0 Å². The zero-order valence-electron chi connectivity index (χ0n) is 22.4. The number of hydrogen-bond donors (Lipinski definition) is 2. The van der Waals surface area contributed by atoms with Gasteiger partial charge in [0, 0.05) is 6.54 Å². The number of nitrogens with one attached hydrogen (secondary N) is 2. The molecule has 3 fully saturated rings. The van der Waals surface area contributed by atoms with Crippen molar-refractivity contribution >= 4 is 17.8 Å². The minimum atomic E-state index is -0.705. The first kappa shape index (κ1) is 27.0. The number of likely N-dealkylation sites (N-methyl/N-ethyl adjacent to an activating group) is 1. The van der Waals surface area contributed by atoms with Gasteiger partial charge in [0.05, 0.1) is 6.04 Å². The van der Waals surface area contributed by atoms with Gasteiger partial charge in [0.2, 0.25) is 11.8 Å². The lowest BCUT2D eigenvalue weighted by Crippen LogP contribution is -2.60. The average molecular weight is 478 g/mol. The van der Waals surface area contributed by atoms with E-state index in [1.807, 2.05) is 48.6 Å². The van der Waals surface area contributed by atoms with E-state index in [0.717, 1.165) is 44.9 Å². The molecule has 0 spiro atoms. The Labute approximate surface area is 206 Å². The van der Waals surface area contributed by atoms with Crippen LogP contribution in [-0.2, 0) is 19.1 Å². The molecule has 0 bridgehead atoms. The summed E-state index contributed by atoms with van der Waals surface area (Å²) in [5, 5.41) is 6.32. The molecule has 34 heavy (non-hydrogen) atoms. The fraction of sp³-hybridized carbons (Fsp3) is 0.889. The molecule has 0 aromatic heterocycles. The van der Waals surface area contributed by atoms with Crippen LogP contribution in [0.4, 0.5) is 0 Å². The molecule has 3 aliphatic rings. The highest BCUT2D eigenvalue weighted by Gasteiger charge is 2.53. The number of amides is 2. The van der Waals surface area contributed by atoms with Gasteiger partial charge in [-0.25, -0.2) is 4.79 Å². The number of nitrogens with zero attached hydrogens (tertiary/aromatic N) is 1. The Kier molecular flexibility index (Phi) is 8.37. The zero-order chi connectivity index (χ0) is 25.3. The first-order chi connectivity index (χ1) is 15.8. The molecule has 194 valence electrons. The van der Waals surface area contributed by atoms with Gasteiger partial charge in [0.1, 0.15) is 17.7 Å². The standard InChI is InChI=1S/C27H47N3O4/c1-26(2,3)22(29-23(31)20(28-7)17-12-9-8-10-13-17)24(32)30-16-18-14-11-15-19(18)21(30)25(33)34-27(4,5)6/h17-22,28H,8-16H2,1-7H3,(H,29,31)/t18?,19?,20-,21-,22?/m0/s1. The van der Waals surface area contributed by atoms with Crippen molar-refractivity contribution < 1.29 is 19.1 Å². The number of rotatable bonds is 6. The van der Waals surface area contributed by atoms with E-state index in [9.17, 15) is 14.4 Å². The quantitative estimate of drug-likeness (QED) is 0.570. The van der Waals surface area contributed by atoms with Crippen molar-refractivity contribution in [2.24, 2.45) is 23.2 Å². The Morgan fingerprint density at radius 3 is 2.12 bits per heavy atom. The third-order valence-electron chi connectivity index (χ3n) is 7.94. The summed E-state index contributed by atoms with van der Waals surface area (Å²) in [5.74, 6) is 0.160. The molecule has 0 aromatic carbocycles. The summed E-state index contributed by atoms with van der Waals surface area (Å²) in [6, 6.07) is -1.58. The zero-order valence-corrected chi connectivity index (χ0v) is 22.4. The largest absolute Gasteiger partial charge is 0.458 e. The third kappa shape index (κ3) is 6.13. The van der Waals surface area contributed by atoms with Crippen LogP contribution in [0, 0.1) is 23.2 Å². The van der Waals surface area contributed by atoms with Gasteiger partial charge in [-0.3, -0.25) is 9.59 Å². The van der Waals surface area contributed by atoms with Crippen LogP contribution in [0.2, 0.25) is 0 Å². The van der Waals surface area contributed by atoms with E-state index in [0.29, 0.717) is 12.5 Å². The van der Waals surface area contributed by atoms with Gasteiger partial charge < -0.3 is 20.3 Å². The summed E-state index contributed by atoms with van der Waals surface area (Å²) in [6.45, 7) is 12.1. The van der Waals surface area contributed by atoms with Gasteiger partial charge in [-0.1, -0.05) is 46.5 Å². The Morgan fingerprint density at radius 1 is 0.912 bits per heavy atom. The van der Waals surface area contributed by atoms with Crippen LogP contribution >= 0.6 is 0 Å². The SMILES string of the molecule is CN[C@H](C(=O)NC(C(=O)N1CC2CCCC2[C@H]1C(=O)OC(C)(C)C)C(C)(C)C)C1CCCCC1. The molecule has 1 aliphatic heterocycles. The summed E-state index contributed by atoms with van der Waals surface area (Å²) in [6.07, 6.45) is 8.63. The second-order valence-corrected chi connectivity index (χ2v) is 12.8. The fourth-order valence-electron chi connectivity index (χ4n) is 6.29. The van der Waals surface area contributed by atoms with Crippen LogP contribution < -0.4 is 10.6 Å². The second-order valence-electron chi connectivity index (χ2n) is 12.8. The summed E-state index contributed by atoms with van der Waals surface area (Å²) < 4.78 is 5.76. The van der Waals surface area contributed by atoms with Crippen molar-refractivity contribution in [3.63, 3.8) is 0 Å². The summed E-state index contributed by atoms with van der Waals surface area (Å²) in [5.41, 5.74) is -1.10. The van der Waals surface area contributed by atoms with Crippen LogP contribution in [0.5, 0.6) is 0 Å². The molecule has 2 saturated carbocycles. The molecule has 7 nitrogen and oxygen atoms in total. The van der Waals surface area contributed by atoms with Gasteiger partial charge >= 0.3 is 5.97 Å². The Hall–Kier alpha value is -1.63. The van der Waals surface area contributed by atoms with E-state index < -0.39 is 23.1 Å². The molecular weight excluding hydrogens is 430 g/mol. The molecule has 2 aliphatic carbocycles. The highest BCUT2D eigenvalue weighted by molar-refractivity contribution is 5.93. The van der Waals surface area contributed by atoms with Gasteiger partial charge in [-0.15, -0.1) is 0 Å². The van der Waals surface area contributed by atoms with Crippen molar-refractivity contribution in [1.29, 1.82) is 0 Å². The summed E-state index contributed by atoms with van der Waals surface area (Å²) in [4.78, 5) is 42.4. The first-order valence-electron chi connectivity index (χ1n) is 13.3. The molecular formula is C27H47N3O4. The molecule has 3 unspecified atom stereocenters. The molecule has 0 radical (unpaired) electrons. The molecule has 1 saturated heterocycles. The monoisotopic (exact) mass is 477 g/mol. The summed E-state index contributed by atoms with van der Waals surface area (Å²) >= 11 is 0. The predicted molar refractivity (Wildman–Crippen MR) is 133 cm³/mol. The Morgan fingerprint density at radius 2 is 1.56 bits per heavy atom. The van der Waals surface area contributed by atoms with Crippen molar-refractivity contribution in [3.05, 3.63) is 0 Å². The number of hydrogen-bond acceptors (Lipinski definition) is 5. The lowest BCUT2D eigenvalue weighted by molar-refractivity contribution is -0.165. The van der Waals surface area contributed by atoms with Crippen molar-refractivity contribution in [3.8, 4) is 0 Å². The summed E-state index contributed by atoms with van der Waals surface area (Å²) in [7, 11) is 1.83. The van der Waals surface area contributed by atoms with E-state index in [1.54, 1.807) is 4.90 Å². The van der Waals surface area contributed by atoms with E-state index in [2.05, 4.69) is 10.6 Å². The van der Waals surface area contributed by atoms with Crippen LogP contribution in [-0.4, -0.2) is 60.0 Å². The topological polar surface area (TPSA) is 87.7 Å². The number of likely N-dealkylation sites (tertiary alicyclic amines) is 1. The number of fused-ring (bicyclic) bond motifs is 1. The van der Waals surface area contributed by atoms with Crippen LogP contribution in [0.15, 0.2) is 0 Å². The van der Waals surface area contributed by atoms with Gasteiger partial charge in [0.15, 0.2) is 0 Å². The van der Waals surface area contributed by atoms with Gasteiger partial charge in [0.25, 0.3) is 0 Å². The van der Waals surface area contributed by atoms with Crippen molar-refractivity contribution in [1.82, 2.24) is 15.5 Å². The minimum Gasteiger partial charge on any atom is -0.458 e. The molecule has 0 aromatic rings. The molecule has 1 heterocycles. The molecule has 7 heteroatoms. The second kappa shape index (κ2) is 10.5. The number of carbonyl (C=O) groups is 3. The van der Waals surface area contributed by atoms with E-state index in [4.69, 9.17) is 4.74 Å². The molecule has 2 N–H and O–H groups in total. The molecule has 2 amide bonds. The normalized spacial score (nSPS) is 27.7. The van der Waals surface area contributed by atoms with Gasteiger partial charge in [-0.2, -0.15) is 0 Å². The van der Waals surface area contributed by atoms with E-state index in [1.165, 1.54) is 6.42 Å². The Bertz CT molecular complexity index is 748. The van der Waals surface area contributed by atoms with Crippen LogP contribution in [0.1, 0.15) is 92.9 Å². The number of esters is 1. The molecule has 3 rings (SSSR count). The van der Waals surface area contributed by atoms with Gasteiger partial charge in [-0.05, 0) is 76.7 Å². The van der Waals surface area contributed by atoms with Crippen LogP contribution in [0.3, 0.4) is 0 Å². The van der Waals surface area contributed by atoms with E-state index in [-0.39, 0.29) is 35.7 Å². The lowest BCUT2D eigenvalue weighted by Gasteiger charge is -2.38. The smallest absolute Gasteiger partial charge is 0.329 e. The number of ether oxygens (including phenoxy) is 1. The fourth-order valence-corrected chi connectivity index (χ4v) is 6.29. The molecule has 5 atom stereocenters.